The number of aromatic nitrogens is 2. The molecule has 2 aromatic rings. The van der Waals surface area contributed by atoms with Gasteiger partial charge in [0.05, 0.1) is 7.11 Å². The molecule has 10 heteroatoms. The predicted molar refractivity (Wildman–Crippen MR) is 85.6 cm³/mol. The van der Waals surface area contributed by atoms with Crippen LogP contribution in [0.15, 0.2) is 28.8 Å². The monoisotopic (exact) mass is 372 g/mol. The molecule has 0 N–H and O–H groups in total. The first-order chi connectivity index (χ1) is 12.3. The number of hydrogen-bond donors (Lipinski definition) is 0. The van der Waals surface area contributed by atoms with E-state index in [4.69, 9.17) is 4.84 Å². The molecule has 2 amide bonds. The van der Waals surface area contributed by atoms with Crippen LogP contribution in [0.5, 0.6) is 0 Å². The number of benzene rings is 1. The third-order valence-electron chi connectivity index (χ3n) is 3.56. The van der Waals surface area contributed by atoms with Crippen molar-refractivity contribution in [2.75, 3.05) is 20.7 Å². The summed E-state index contributed by atoms with van der Waals surface area (Å²) in [5.41, 5.74) is 1.19. The first kappa shape index (κ1) is 19.7. The van der Waals surface area contributed by atoms with E-state index in [0.717, 1.165) is 17.0 Å². The van der Waals surface area contributed by atoms with E-state index in [9.17, 15) is 18.0 Å². The Bertz CT molecular complexity index is 731. The molecule has 1 aromatic carbocycles. The third-order valence-corrected chi connectivity index (χ3v) is 3.56. The van der Waals surface area contributed by atoms with Gasteiger partial charge in [-0.05, 0) is 12.0 Å². The van der Waals surface area contributed by atoms with E-state index >= 15 is 0 Å². The Morgan fingerprint density at radius 3 is 2.42 bits per heavy atom. The van der Waals surface area contributed by atoms with Gasteiger partial charge in [0, 0.05) is 25.7 Å². The maximum Gasteiger partial charge on any atom is 0.471 e. The molecule has 0 bridgehead atoms. The van der Waals surface area contributed by atoms with Crippen molar-refractivity contribution in [3.63, 3.8) is 0 Å². The minimum Gasteiger partial charge on any atom is -0.329 e. The number of hydroxylamine groups is 2. The zero-order valence-electron chi connectivity index (χ0n) is 14.6. The van der Waals surface area contributed by atoms with E-state index in [2.05, 4.69) is 14.7 Å². The van der Waals surface area contributed by atoms with E-state index in [1.54, 1.807) is 29.2 Å². The highest BCUT2D eigenvalue weighted by molar-refractivity contribution is 5.73. The first-order valence-corrected chi connectivity index (χ1v) is 7.83. The van der Waals surface area contributed by atoms with Gasteiger partial charge in [-0.2, -0.15) is 18.2 Å². The molecule has 0 unspecified atom stereocenters. The van der Waals surface area contributed by atoms with E-state index in [1.807, 2.05) is 6.92 Å². The normalized spacial score (nSPS) is 11.5. The molecule has 0 aliphatic rings. The average Bonchev–Trinajstić information content (AvgIpc) is 3.11. The Hall–Kier alpha value is -2.62. The number of nitrogens with zero attached hydrogens (tertiary/aromatic N) is 4. The Balaban J connectivity index is 2.13. The Labute approximate surface area is 148 Å². The van der Waals surface area contributed by atoms with Gasteiger partial charge < -0.3 is 9.42 Å². The molecule has 142 valence electrons. The van der Waals surface area contributed by atoms with Crippen molar-refractivity contribution < 1.29 is 27.3 Å². The van der Waals surface area contributed by atoms with Crippen molar-refractivity contribution in [1.82, 2.24) is 20.1 Å². The van der Waals surface area contributed by atoms with Crippen LogP contribution in [0.2, 0.25) is 0 Å². The smallest absolute Gasteiger partial charge is 0.329 e. The van der Waals surface area contributed by atoms with Gasteiger partial charge in [-0.3, -0.25) is 4.84 Å². The number of amides is 2. The van der Waals surface area contributed by atoms with E-state index in [-0.39, 0.29) is 11.9 Å². The summed E-state index contributed by atoms with van der Waals surface area (Å²) >= 11 is 0. The summed E-state index contributed by atoms with van der Waals surface area (Å²) in [7, 11) is 2.92. The molecule has 0 aliphatic heterocycles. The number of urea groups is 1. The molecule has 26 heavy (non-hydrogen) atoms. The number of rotatable bonds is 6. The second kappa shape index (κ2) is 8.17. The fraction of sp³-hybridized carbons (Fsp3) is 0.438. The highest BCUT2D eigenvalue weighted by atomic mass is 19.4. The largest absolute Gasteiger partial charge is 0.471 e. The van der Waals surface area contributed by atoms with Crippen LogP contribution in [-0.2, 0) is 17.6 Å². The summed E-state index contributed by atoms with van der Waals surface area (Å²) in [5, 5.41) is 4.47. The molecule has 1 aromatic heterocycles. The molecule has 0 saturated carbocycles. The summed E-state index contributed by atoms with van der Waals surface area (Å²) in [6.07, 6.45) is -3.91. The van der Waals surface area contributed by atoms with Crippen LogP contribution in [-0.4, -0.2) is 46.8 Å². The van der Waals surface area contributed by atoms with Gasteiger partial charge in [0.2, 0.25) is 5.82 Å². The Kier molecular flexibility index (Phi) is 6.19. The quantitative estimate of drug-likeness (QED) is 0.725. The SMILES string of the molecule is CCCN(Cc1ccc(-c2noc(C(F)(F)F)n2)cc1)C(=O)N(C)OC. The molecule has 1 heterocycles. The lowest BCUT2D eigenvalue weighted by atomic mass is 10.1. The summed E-state index contributed by atoms with van der Waals surface area (Å²) in [4.78, 5) is 22.1. The second-order valence-corrected chi connectivity index (χ2v) is 5.50. The van der Waals surface area contributed by atoms with Crippen molar-refractivity contribution in [1.29, 1.82) is 0 Å². The van der Waals surface area contributed by atoms with Gasteiger partial charge >= 0.3 is 18.1 Å². The van der Waals surface area contributed by atoms with E-state index < -0.39 is 12.1 Å². The summed E-state index contributed by atoms with van der Waals surface area (Å²) in [6.45, 7) is 2.82. The van der Waals surface area contributed by atoms with E-state index in [1.165, 1.54) is 14.2 Å². The molecule has 0 aliphatic carbocycles. The number of hydrogen-bond acceptors (Lipinski definition) is 5. The molecule has 0 spiro atoms. The van der Waals surface area contributed by atoms with Crippen LogP contribution < -0.4 is 0 Å². The van der Waals surface area contributed by atoms with Crippen LogP contribution in [0.25, 0.3) is 11.4 Å². The molecule has 0 fully saturated rings. The number of carbonyl (C=O) groups excluding carboxylic acids is 1. The van der Waals surface area contributed by atoms with Crippen molar-refractivity contribution in [2.45, 2.75) is 26.1 Å². The van der Waals surface area contributed by atoms with Gasteiger partial charge in [-0.25, -0.2) is 9.86 Å². The molecular formula is C16H19F3N4O3. The minimum absolute atomic E-state index is 0.149. The van der Waals surface area contributed by atoms with Gasteiger partial charge in [-0.1, -0.05) is 36.3 Å². The zero-order chi connectivity index (χ0) is 19.3. The lowest BCUT2D eigenvalue weighted by molar-refractivity contribution is -0.159. The van der Waals surface area contributed by atoms with Gasteiger partial charge in [-0.15, -0.1) is 0 Å². The second-order valence-electron chi connectivity index (χ2n) is 5.50. The molecule has 0 atom stereocenters. The molecule has 2 rings (SSSR count). The van der Waals surface area contributed by atoms with Crippen LogP contribution in [0.4, 0.5) is 18.0 Å². The number of alkyl halides is 3. The maximum atomic E-state index is 12.5. The van der Waals surface area contributed by atoms with Crippen molar-refractivity contribution in [3.8, 4) is 11.4 Å². The molecule has 0 radical (unpaired) electrons. The van der Waals surface area contributed by atoms with Crippen LogP contribution in [0, 0.1) is 0 Å². The van der Waals surface area contributed by atoms with Crippen molar-refractivity contribution >= 4 is 6.03 Å². The van der Waals surface area contributed by atoms with Crippen molar-refractivity contribution in [3.05, 3.63) is 35.7 Å². The van der Waals surface area contributed by atoms with Crippen LogP contribution in [0.1, 0.15) is 24.8 Å². The summed E-state index contributed by atoms with van der Waals surface area (Å²) in [6, 6.07) is 6.26. The molecule has 0 saturated heterocycles. The lowest BCUT2D eigenvalue weighted by Gasteiger charge is -2.26. The maximum absolute atomic E-state index is 12.5. The van der Waals surface area contributed by atoms with Gasteiger partial charge in [0.25, 0.3) is 0 Å². The van der Waals surface area contributed by atoms with Crippen LogP contribution >= 0.6 is 0 Å². The highest BCUT2D eigenvalue weighted by Gasteiger charge is 2.38. The van der Waals surface area contributed by atoms with Gasteiger partial charge in [0.1, 0.15) is 0 Å². The Morgan fingerprint density at radius 1 is 1.27 bits per heavy atom. The fourth-order valence-electron chi connectivity index (χ4n) is 2.22. The highest BCUT2D eigenvalue weighted by Crippen LogP contribution is 2.29. The number of halogens is 3. The standard InChI is InChI=1S/C16H19F3N4O3/c1-4-9-23(15(24)22(2)25-3)10-11-5-7-12(8-6-11)13-20-14(26-21-13)16(17,18)19/h5-8H,4,9-10H2,1-3H3. The number of carbonyl (C=O) groups is 1. The Morgan fingerprint density at radius 2 is 1.92 bits per heavy atom. The molecule has 7 nitrogen and oxygen atoms in total. The zero-order valence-corrected chi connectivity index (χ0v) is 14.6. The summed E-state index contributed by atoms with van der Waals surface area (Å²) in [5.74, 6) is -1.54. The molecular weight excluding hydrogens is 353 g/mol. The van der Waals surface area contributed by atoms with E-state index in [0.29, 0.717) is 18.7 Å². The minimum atomic E-state index is -4.68. The van der Waals surface area contributed by atoms with Crippen LogP contribution in [0.3, 0.4) is 0 Å². The third kappa shape index (κ3) is 4.72. The average molecular weight is 372 g/mol. The van der Waals surface area contributed by atoms with Crippen molar-refractivity contribution in [2.24, 2.45) is 0 Å². The lowest BCUT2D eigenvalue weighted by Crippen LogP contribution is -2.40. The topological polar surface area (TPSA) is 71.7 Å². The predicted octanol–water partition coefficient (Wildman–Crippen LogP) is 3.58. The first-order valence-electron chi connectivity index (χ1n) is 7.83. The van der Waals surface area contributed by atoms with Gasteiger partial charge in [0.15, 0.2) is 0 Å². The summed E-state index contributed by atoms with van der Waals surface area (Å²) < 4.78 is 41.8. The fourth-order valence-corrected chi connectivity index (χ4v) is 2.22.